The number of carbonyl (C=O) groups is 1. The van der Waals surface area contributed by atoms with Gasteiger partial charge in [-0.05, 0) is 30.3 Å². The molecule has 11 heteroatoms. The third-order valence-corrected chi connectivity index (χ3v) is 6.58. The Labute approximate surface area is 220 Å². The van der Waals surface area contributed by atoms with Gasteiger partial charge in [0.25, 0.3) is 5.91 Å². The summed E-state index contributed by atoms with van der Waals surface area (Å²) in [6, 6.07) is 13.6. The molecule has 0 saturated carbocycles. The van der Waals surface area contributed by atoms with Crippen LogP contribution in [0.4, 0.5) is 34.5 Å². The molecule has 37 heavy (non-hydrogen) atoms. The first-order chi connectivity index (χ1) is 18.1. The molecule has 1 aromatic heterocycles. The Bertz CT molecular complexity index is 1210. The van der Waals surface area contributed by atoms with Crippen molar-refractivity contribution in [3.8, 4) is 0 Å². The van der Waals surface area contributed by atoms with Crippen molar-refractivity contribution in [1.29, 1.82) is 0 Å². The van der Waals surface area contributed by atoms with Crippen molar-refractivity contribution in [3.05, 3.63) is 59.2 Å². The van der Waals surface area contributed by atoms with Crippen LogP contribution in [0, 0.1) is 0 Å². The Kier molecular flexibility index (Phi) is 7.88. The number of nitrogens with one attached hydrogen (secondary N) is 3. The highest BCUT2D eigenvalue weighted by molar-refractivity contribution is 6.33. The highest BCUT2D eigenvalue weighted by Gasteiger charge is 2.18. The van der Waals surface area contributed by atoms with Crippen molar-refractivity contribution < 1.29 is 14.3 Å². The molecule has 0 unspecified atom stereocenters. The topological polar surface area (TPSA) is 104 Å². The number of aromatic nitrogens is 2. The average Bonchev–Trinajstić information content (AvgIpc) is 2.95. The number of benzene rings is 2. The maximum absolute atomic E-state index is 12.3. The van der Waals surface area contributed by atoms with Crippen molar-refractivity contribution >= 4 is 52.0 Å². The molecule has 194 valence electrons. The number of rotatable bonds is 7. The van der Waals surface area contributed by atoms with E-state index < -0.39 is 0 Å². The fraction of sp³-hybridized carbons (Fsp3) is 0.346. The van der Waals surface area contributed by atoms with Gasteiger partial charge in [0.2, 0.25) is 5.95 Å². The van der Waals surface area contributed by atoms with E-state index in [-0.39, 0.29) is 5.91 Å². The zero-order valence-electron chi connectivity index (χ0n) is 20.7. The highest BCUT2D eigenvalue weighted by Crippen LogP contribution is 2.32. The van der Waals surface area contributed by atoms with E-state index >= 15 is 0 Å². The molecular weight excluding hydrogens is 494 g/mol. The van der Waals surface area contributed by atoms with Gasteiger partial charge in [0.1, 0.15) is 5.02 Å². The lowest BCUT2D eigenvalue weighted by Crippen LogP contribution is -2.38. The monoisotopic (exact) mass is 523 g/mol. The molecule has 1 amide bonds. The summed E-state index contributed by atoms with van der Waals surface area (Å²) in [7, 11) is 1.59. The molecule has 0 atom stereocenters. The van der Waals surface area contributed by atoms with Gasteiger partial charge < -0.3 is 35.2 Å². The maximum Gasteiger partial charge on any atom is 0.253 e. The second kappa shape index (κ2) is 11.6. The van der Waals surface area contributed by atoms with Crippen LogP contribution < -0.4 is 25.8 Å². The van der Waals surface area contributed by atoms with Crippen LogP contribution in [0.2, 0.25) is 5.02 Å². The number of carbonyl (C=O) groups excluding carboxylic acids is 1. The van der Waals surface area contributed by atoms with Gasteiger partial charge in [-0.2, -0.15) is 4.98 Å². The first-order valence-electron chi connectivity index (χ1n) is 12.3. The van der Waals surface area contributed by atoms with Crippen LogP contribution in [0.25, 0.3) is 0 Å². The smallest absolute Gasteiger partial charge is 0.253 e. The highest BCUT2D eigenvalue weighted by atomic mass is 35.5. The summed E-state index contributed by atoms with van der Waals surface area (Å²) in [6.45, 7) is 6.17. The fourth-order valence-corrected chi connectivity index (χ4v) is 4.51. The number of amides is 1. The lowest BCUT2D eigenvalue weighted by atomic mass is 10.1. The number of morpholine rings is 2. The lowest BCUT2D eigenvalue weighted by molar-refractivity contribution is 0.0964. The van der Waals surface area contributed by atoms with E-state index in [0.717, 1.165) is 43.2 Å². The number of hydrogen-bond donors (Lipinski definition) is 3. The quantitative estimate of drug-likeness (QED) is 0.428. The van der Waals surface area contributed by atoms with Crippen molar-refractivity contribution in [2.45, 2.75) is 0 Å². The largest absolute Gasteiger partial charge is 0.378 e. The molecule has 3 aromatic rings. The molecule has 10 nitrogen and oxygen atoms in total. The molecule has 0 aliphatic carbocycles. The minimum absolute atomic E-state index is 0.206. The predicted octanol–water partition coefficient (Wildman–Crippen LogP) is 3.65. The van der Waals surface area contributed by atoms with E-state index in [1.165, 1.54) is 6.20 Å². The Morgan fingerprint density at radius 1 is 0.919 bits per heavy atom. The standard InChI is InChI=1S/C26H30ClN7O3/c1-28-25(35)21-4-2-3-5-23(21)31-24-22(27)17-29-26(32-24)30-18-14-19(33-6-10-36-11-7-33)16-20(15-18)34-8-12-37-13-9-34/h2-5,14-17H,6-13H2,1H3,(H,28,35)(H2,29,30,31,32). The maximum atomic E-state index is 12.3. The van der Waals surface area contributed by atoms with Gasteiger partial charge in [-0.15, -0.1) is 0 Å². The SMILES string of the molecule is CNC(=O)c1ccccc1Nc1nc(Nc2cc(N3CCOCC3)cc(N3CCOCC3)c2)ncc1Cl. The van der Waals surface area contributed by atoms with Gasteiger partial charge in [0.15, 0.2) is 5.82 Å². The van der Waals surface area contributed by atoms with E-state index in [1.54, 1.807) is 25.2 Å². The summed E-state index contributed by atoms with van der Waals surface area (Å²) in [4.78, 5) is 25.9. The van der Waals surface area contributed by atoms with Crippen molar-refractivity contribution in [1.82, 2.24) is 15.3 Å². The molecule has 2 aliphatic heterocycles. The minimum atomic E-state index is -0.206. The molecule has 3 N–H and O–H groups in total. The van der Waals surface area contributed by atoms with E-state index in [4.69, 9.17) is 21.1 Å². The van der Waals surface area contributed by atoms with Crippen LogP contribution >= 0.6 is 11.6 Å². The molecule has 2 saturated heterocycles. The Morgan fingerprint density at radius 3 is 2.16 bits per heavy atom. The predicted molar refractivity (Wildman–Crippen MR) is 146 cm³/mol. The number of halogens is 1. The summed E-state index contributed by atoms with van der Waals surface area (Å²) in [5.41, 5.74) is 4.17. The van der Waals surface area contributed by atoms with Gasteiger partial charge in [0.05, 0.1) is 43.9 Å². The van der Waals surface area contributed by atoms with E-state index in [0.29, 0.717) is 54.5 Å². The lowest BCUT2D eigenvalue weighted by Gasteiger charge is -2.33. The minimum Gasteiger partial charge on any atom is -0.378 e. The van der Waals surface area contributed by atoms with E-state index in [2.05, 4.69) is 53.9 Å². The van der Waals surface area contributed by atoms with Crippen molar-refractivity contribution in [2.24, 2.45) is 0 Å². The second-order valence-corrected chi connectivity index (χ2v) is 9.11. The van der Waals surface area contributed by atoms with Gasteiger partial charge in [-0.3, -0.25) is 4.79 Å². The summed E-state index contributed by atoms with van der Waals surface area (Å²) in [5, 5.41) is 9.52. The Hall–Kier alpha value is -3.60. The number of ether oxygens (including phenoxy) is 2. The zero-order valence-corrected chi connectivity index (χ0v) is 21.4. The van der Waals surface area contributed by atoms with E-state index in [9.17, 15) is 4.79 Å². The number of nitrogens with zero attached hydrogens (tertiary/aromatic N) is 4. The molecule has 3 heterocycles. The average molecular weight is 524 g/mol. The fourth-order valence-electron chi connectivity index (χ4n) is 4.37. The third-order valence-electron chi connectivity index (χ3n) is 6.31. The van der Waals surface area contributed by atoms with Gasteiger partial charge in [-0.1, -0.05) is 23.7 Å². The summed E-state index contributed by atoms with van der Waals surface area (Å²) >= 11 is 6.42. The third kappa shape index (κ3) is 6.04. The van der Waals surface area contributed by atoms with Crippen molar-refractivity contribution in [2.75, 3.05) is 80.1 Å². The van der Waals surface area contributed by atoms with E-state index in [1.807, 2.05) is 6.07 Å². The number of para-hydroxylation sites is 1. The molecule has 2 aliphatic rings. The van der Waals surface area contributed by atoms with Crippen LogP contribution in [-0.4, -0.2) is 75.5 Å². The van der Waals surface area contributed by atoms with Crippen LogP contribution in [0.3, 0.4) is 0 Å². The first kappa shape index (κ1) is 25.1. The Morgan fingerprint density at radius 2 is 1.54 bits per heavy atom. The Balaban J connectivity index is 1.43. The molecular formula is C26H30ClN7O3. The summed E-state index contributed by atoms with van der Waals surface area (Å²) in [5.74, 6) is 0.576. The molecule has 2 aromatic carbocycles. The molecule has 5 rings (SSSR count). The number of hydrogen-bond acceptors (Lipinski definition) is 9. The van der Waals surface area contributed by atoms with Gasteiger partial charge >= 0.3 is 0 Å². The van der Waals surface area contributed by atoms with Crippen LogP contribution in [0.15, 0.2) is 48.7 Å². The van der Waals surface area contributed by atoms with Crippen molar-refractivity contribution in [3.63, 3.8) is 0 Å². The van der Waals surface area contributed by atoms with Gasteiger partial charge in [-0.25, -0.2) is 4.98 Å². The molecule has 0 bridgehead atoms. The molecule has 2 fully saturated rings. The van der Waals surface area contributed by atoms with Crippen LogP contribution in [0.5, 0.6) is 0 Å². The van der Waals surface area contributed by atoms with Gasteiger partial charge in [0, 0.05) is 50.3 Å². The first-order valence-corrected chi connectivity index (χ1v) is 12.7. The zero-order chi connectivity index (χ0) is 25.6. The van der Waals surface area contributed by atoms with Crippen LogP contribution in [0.1, 0.15) is 10.4 Å². The summed E-state index contributed by atoms with van der Waals surface area (Å²) < 4.78 is 11.1. The number of anilines is 6. The van der Waals surface area contributed by atoms with Crippen LogP contribution in [-0.2, 0) is 9.47 Å². The molecule has 0 radical (unpaired) electrons. The summed E-state index contributed by atoms with van der Waals surface area (Å²) in [6.07, 6.45) is 1.54. The molecule has 0 spiro atoms. The second-order valence-electron chi connectivity index (χ2n) is 8.70. The normalized spacial score (nSPS) is 15.8.